The lowest BCUT2D eigenvalue weighted by molar-refractivity contribution is -0.123. The maximum atomic E-state index is 11.7. The van der Waals surface area contributed by atoms with Crippen molar-refractivity contribution in [3.63, 3.8) is 0 Å². The third-order valence-corrected chi connectivity index (χ3v) is 3.21. The standard InChI is InChI=1S/C16H25N3O3.ClH/c1-3-4-15(20)19-13-7-5-12(6-8-13)11-18-16(21)9-14(10-17)22-2;/h5-8,14H,3-4,9-11,17H2,1-2H3,(H,18,21)(H,19,20);1H. The summed E-state index contributed by atoms with van der Waals surface area (Å²) in [6.07, 6.45) is 1.33. The number of amides is 2. The number of nitrogens with one attached hydrogen (secondary N) is 2. The highest BCUT2D eigenvalue weighted by molar-refractivity contribution is 5.90. The second-order valence-corrected chi connectivity index (χ2v) is 5.07. The Labute approximate surface area is 143 Å². The molecule has 130 valence electrons. The van der Waals surface area contributed by atoms with E-state index < -0.39 is 0 Å². The van der Waals surface area contributed by atoms with Gasteiger partial charge in [0.25, 0.3) is 0 Å². The van der Waals surface area contributed by atoms with Crippen LogP contribution in [0.3, 0.4) is 0 Å². The van der Waals surface area contributed by atoms with E-state index in [0.29, 0.717) is 19.5 Å². The first-order valence-electron chi connectivity index (χ1n) is 7.47. The van der Waals surface area contributed by atoms with Gasteiger partial charge in [-0.2, -0.15) is 0 Å². The van der Waals surface area contributed by atoms with E-state index in [2.05, 4.69) is 10.6 Å². The van der Waals surface area contributed by atoms with Gasteiger partial charge in [-0.25, -0.2) is 0 Å². The van der Waals surface area contributed by atoms with Crippen LogP contribution in [0, 0.1) is 0 Å². The summed E-state index contributed by atoms with van der Waals surface area (Å²) in [5.74, 6) is -0.0893. The van der Waals surface area contributed by atoms with Gasteiger partial charge in [-0.15, -0.1) is 12.4 Å². The third-order valence-electron chi connectivity index (χ3n) is 3.21. The molecule has 0 saturated carbocycles. The third kappa shape index (κ3) is 8.54. The number of benzene rings is 1. The van der Waals surface area contributed by atoms with Crippen LogP contribution in [-0.2, 0) is 20.9 Å². The number of rotatable bonds is 9. The molecule has 0 aromatic heterocycles. The minimum absolute atomic E-state index is 0. The predicted molar refractivity (Wildman–Crippen MR) is 93.5 cm³/mol. The highest BCUT2D eigenvalue weighted by Crippen LogP contribution is 2.10. The molecular weight excluding hydrogens is 318 g/mol. The average molecular weight is 344 g/mol. The number of carbonyl (C=O) groups excluding carboxylic acids is 2. The summed E-state index contributed by atoms with van der Waals surface area (Å²) >= 11 is 0. The van der Waals surface area contributed by atoms with Crippen molar-refractivity contribution in [2.75, 3.05) is 19.0 Å². The summed E-state index contributed by atoms with van der Waals surface area (Å²) < 4.78 is 5.07. The molecule has 1 unspecified atom stereocenters. The summed E-state index contributed by atoms with van der Waals surface area (Å²) in [6.45, 7) is 2.71. The minimum atomic E-state index is -0.254. The first kappa shape index (κ1) is 21.4. The van der Waals surface area contributed by atoms with Crippen LogP contribution >= 0.6 is 12.4 Å². The van der Waals surface area contributed by atoms with E-state index in [1.54, 1.807) is 0 Å². The van der Waals surface area contributed by atoms with Crippen molar-refractivity contribution in [1.82, 2.24) is 5.32 Å². The maximum Gasteiger partial charge on any atom is 0.224 e. The summed E-state index contributed by atoms with van der Waals surface area (Å²) in [5, 5.41) is 5.64. The highest BCUT2D eigenvalue weighted by atomic mass is 35.5. The lowest BCUT2D eigenvalue weighted by Gasteiger charge is -2.12. The van der Waals surface area contributed by atoms with Crippen LogP contribution in [0.5, 0.6) is 0 Å². The normalized spacial score (nSPS) is 11.3. The molecule has 23 heavy (non-hydrogen) atoms. The molecule has 0 spiro atoms. The second-order valence-electron chi connectivity index (χ2n) is 5.07. The maximum absolute atomic E-state index is 11.7. The largest absolute Gasteiger partial charge is 0.380 e. The van der Waals surface area contributed by atoms with E-state index in [-0.39, 0.29) is 36.7 Å². The Bertz CT molecular complexity index is 476. The smallest absolute Gasteiger partial charge is 0.224 e. The van der Waals surface area contributed by atoms with Crippen molar-refractivity contribution in [2.24, 2.45) is 5.73 Å². The van der Waals surface area contributed by atoms with E-state index in [1.165, 1.54) is 7.11 Å². The first-order chi connectivity index (χ1) is 10.6. The number of halogens is 1. The molecule has 1 rings (SSSR count). The summed E-state index contributed by atoms with van der Waals surface area (Å²) in [5.41, 5.74) is 7.20. The molecule has 0 fully saturated rings. The first-order valence-corrected chi connectivity index (χ1v) is 7.47. The molecule has 0 aliphatic carbocycles. The Morgan fingerprint density at radius 1 is 1.22 bits per heavy atom. The molecule has 6 nitrogen and oxygen atoms in total. The molecular formula is C16H26ClN3O3. The zero-order valence-corrected chi connectivity index (χ0v) is 14.4. The van der Waals surface area contributed by atoms with Crippen LogP contribution in [0.2, 0.25) is 0 Å². The molecule has 0 saturated heterocycles. The second kappa shape index (κ2) is 11.9. The molecule has 1 aromatic carbocycles. The zero-order valence-electron chi connectivity index (χ0n) is 13.6. The lowest BCUT2D eigenvalue weighted by Crippen LogP contribution is -2.31. The van der Waals surface area contributed by atoms with Gasteiger partial charge in [-0.3, -0.25) is 9.59 Å². The van der Waals surface area contributed by atoms with Crippen molar-refractivity contribution < 1.29 is 14.3 Å². The van der Waals surface area contributed by atoms with Gasteiger partial charge in [-0.1, -0.05) is 19.1 Å². The van der Waals surface area contributed by atoms with Gasteiger partial charge >= 0.3 is 0 Å². The number of nitrogens with two attached hydrogens (primary N) is 1. The monoisotopic (exact) mass is 343 g/mol. The van der Waals surface area contributed by atoms with Gasteiger partial charge in [0.05, 0.1) is 12.5 Å². The van der Waals surface area contributed by atoms with E-state index in [9.17, 15) is 9.59 Å². The SMILES string of the molecule is CCCC(=O)Nc1ccc(CNC(=O)CC(CN)OC)cc1.Cl. The number of anilines is 1. The molecule has 4 N–H and O–H groups in total. The molecule has 2 amide bonds. The van der Waals surface area contributed by atoms with Gasteiger partial charge in [0.2, 0.25) is 11.8 Å². The van der Waals surface area contributed by atoms with Gasteiger partial charge in [0.15, 0.2) is 0 Å². The fourth-order valence-corrected chi connectivity index (χ4v) is 1.90. The van der Waals surface area contributed by atoms with Crippen LogP contribution in [0.4, 0.5) is 5.69 Å². The lowest BCUT2D eigenvalue weighted by atomic mass is 10.2. The number of methoxy groups -OCH3 is 1. The summed E-state index contributed by atoms with van der Waals surface area (Å²) in [6, 6.07) is 7.40. The van der Waals surface area contributed by atoms with E-state index in [0.717, 1.165) is 17.7 Å². The quantitative estimate of drug-likeness (QED) is 0.637. The Kier molecular flexibility index (Phi) is 11.0. The summed E-state index contributed by atoms with van der Waals surface area (Å²) in [4.78, 5) is 23.2. The fraction of sp³-hybridized carbons (Fsp3) is 0.500. The van der Waals surface area contributed by atoms with Gasteiger partial charge in [0.1, 0.15) is 0 Å². The Morgan fingerprint density at radius 2 is 1.87 bits per heavy atom. The van der Waals surface area contributed by atoms with Crippen LogP contribution in [0.25, 0.3) is 0 Å². The molecule has 0 radical (unpaired) electrons. The highest BCUT2D eigenvalue weighted by Gasteiger charge is 2.10. The molecule has 0 heterocycles. The van der Waals surface area contributed by atoms with Crippen molar-refractivity contribution in [1.29, 1.82) is 0 Å². The van der Waals surface area contributed by atoms with Crippen molar-refractivity contribution in [2.45, 2.75) is 38.8 Å². The van der Waals surface area contributed by atoms with Gasteiger partial charge in [0, 0.05) is 32.3 Å². The molecule has 1 atom stereocenters. The topological polar surface area (TPSA) is 93.5 Å². The van der Waals surface area contributed by atoms with Crippen molar-refractivity contribution in [3.05, 3.63) is 29.8 Å². The minimum Gasteiger partial charge on any atom is -0.380 e. The van der Waals surface area contributed by atoms with Crippen LogP contribution < -0.4 is 16.4 Å². The van der Waals surface area contributed by atoms with Crippen molar-refractivity contribution >= 4 is 29.9 Å². The van der Waals surface area contributed by atoms with E-state index in [1.807, 2.05) is 31.2 Å². The number of hydrogen-bond acceptors (Lipinski definition) is 4. The fourth-order valence-electron chi connectivity index (χ4n) is 1.90. The Hall–Kier alpha value is -1.63. The molecule has 1 aromatic rings. The van der Waals surface area contributed by atoms with Crippen molar-refractivity contribution in [3.8, 4) is 0 Å². The predicted octanol–water partition coefficient (Wildman–Crippen LogP) is 1.83. The van der Waals surface area contributed by atoms with Crippen LogP contribution in [0.15, 0.2) is 24.3 Å². The Balaban J connectivity index is 0.00000484. The van der Waals surface area contributed by atoms with E-state index in [4.69, 9.17) is 10.5 Å². The van der Waals surface area contributed by atoms with E-state index >= 15 is 0 Å². The molecule has 0 bridgehead atoms. The molecule has 0 aliphatic rings. The van der Waals surface area contributed by atoms with Crippen LogP contribution in [-0.4, -0.2) is 31.6 Å². The average Bonchev–Trinajstić information content (AvgIpc) is 2.52. The summed E-state index contributed by atoms with van der Waals surface area (Å²) in [7, 11) is 1.54. The number of hydrogen-bond donors (Lipinski definition) is 3. The van der Waals surface area contributed by atoms with Gasteiger partial charge in [-0.05, 0) is 24.1 Å². The molecule has 7 heteroatoms. The van der Waals surface area contributed by atoms with Gasteiger partial charge < -0.3 is 21.1 Å². The van der Waals surface area contributed by atoms with Crippen LogP contribution in [0.1, 0.15) is 31.7 Å². The zero-order chi connectivity index (χ0) is 16.4. The molecule has 0 aliphatic heterocycles. The Morgan fingerprint density at radius 3 is 2.39 bits per heavy atom. The number of ether oxygens (including phenoxy) is 1. The number of carbonyl (C=O) groups is 2.